The lowest BCUT2D eigenvalue weighted by Gasteiger charge is -2.27. The highest BCUT2D eigenvalue weighted by atomic mass is 16.5. The van der Waals surface area contributed by atoms with Crippen molar-refractivity contribution in [3.8, 4) is 0 Å². The van der Waals surface area contributed by atoms with Crippen molar-refractivity contribution in [3.63, 3.8) is 0 Å². The minimum absolute atomic E-state index is 0.353. The lowest BCUT2D eigenvalue weighted by atomic mass is 9.89. The van der Waals surface area contributed by atoms with E-state index in [0.717, 1.165) is 25.2 Å². The molecule has 1 aliphatic rings. The Kier molecular flexibility index (Phi) is 6.09. The van der Waals surface area contributed by atoms with Gasteiger partial charge >= 0.3 is 5.97 Å². The minimum Gasteiger partial charge on any atom is -0.468 e. The molecule has 0 aromatic heterocycles. The van der Waals surface area contributed by atoms with Crippen LogP contribution in [0.2, 0.25) is 0 Å². The number of methoxy groups -OCH3 is 1. The van der Waals surface area contributed by atoms with Gasteiger partial charge in [0.05, 0.1) is 13.2 Å². The topological polar surface area (TPSA) is 61.5 Å². The minimum atomic E-state index is -0.890. The van der Waals surface area contributed by atoms with Gasteiger partial charge in [0.1, 0.15) is 5.54 Å². The Morgan fingerprint density at radius 2 is 1.94 bits per heavy atom. The van der Waals surface area contributed by atoms with Crippen LogP contribution >= 0.6 is 0 Å². The molecule has 106 valence electrons. The predicted octanol–water partition coefficient (Wildman–Crippen LogP) is 2.25. The largest absolute Gasteiger partial charge is 0.468 e. The molecule has 2 N–H and O–H groups in total. The molecule has 4 nitrogen and oxygen atoms in total. The van der Waals surface area contributed by atoms with Crippen LogP contribution in [-0.4, -0.2) is 31.3 Å². The Morgan fingerprint density at radius 1 is 1.33 bits per heavy atom. The Hall–Kier alpha value is -0.610. The fourth-order valence-corrected chi connectivity index (χ4v) is 2.42. The van der Waals surface area contributed by atoms with Gasteiger partial charge in [-0.05, 0) is 51.4 Å². The molecule has 0 bridgehead atoms. The molecule has 0 aromatic rings. The van der Waals surface area contributed by atoms with E-state index in [0.29, 0.717) is 19.1 Å². The molecule has 1 aliphatic carbocycles. The summed E-state index contributed by atoms with van der Waals surface area (Å²) in [6.45, 7) is 4.69. The molecule has 0 amide bonds. The number of carbonyl (C=O) groups is 1. The Labute approximate surface area is 110 Å². The summed E-state index contributed by atoms with van der Waals surface area (Å²) in [7, 11) is 1.37. The van der Waals surface area contributed by atoms with Crippen LogP contribution in [0.1, 0.15) is 52.4 Å². The summed E-state index contributed by atoms with van der Waals surface area (Å²) in [5, 5.41) is 0. The van der Waals surface area contributed by atoms with Crippen LogP contribution in [0.5, 0.6) is 0 Å². The highest BCUT2D eigenvalue weighted by Crippen LogP contribution is 2.25. The highest BCUT2D eigenvalue weighted by Gasteiger charge is 2.28. The van der Waals surface area contributed by atoms with E-state index >= 15 is 0 Å². The van der Waals surface area contributed by atoms with Crippen LogP contribution in [0.15, 0.2) is 0 Å². The molecule has 1 fully saturated rings. The van der Waals surface area contributed by atoms with Gasteiger partial charge in [-0.15, -0.1) is 0 Å². The molecule has 0 aliphatic heterocycles. The van der Waals surface area contributed by atoms with Crippen molar-refractivity contribution in [1.82, 2.24) is 0 Å². The van der Waals surface area contributed by atoms with Gasteiger partial charge in [-0.3, -0.25) is 4.79 Å². The third-order valence-electron chi connectivity index (χ3n) is 3.81. The van der Waals surface area contributed by atoms with Crippen molar-refractivity contribution in [1.29, 1.82) is 0 Å². The number of ether oxygens (including phenoxy) is 2. The zero-order valence-electron chi connectivity index (χ0n) is 11.9. The molecular weight excluding hydrogens is 230 g/mol. The summed E-state index contributed by atoms with van der Waals surface area (Å²) in [6.07, 6.45) is 6.67. The van der Waals surface area contributed by atoms with E-state index < -0.39 is 5.54 Å². The molecule has 0 spiro atoms. The van der Waals surface area contributed by atoms with E-state index in [2.05, 4.69) is 11.7 Å². The third kappa shape index (κ3) is 4.94. The summed E-state index contributed by atoms with van der Waals surface area (Å²) < 4.78 is 10.5. The Bertz CT molecular complexity index is 258. The van der Waals surface area contributed by atoms with Gasteiger partial charge in [-0.25, -0.2) is 0 Å². The summed E-state index contributed by atoms with van der Waals surface area (Å²) in [4.78, 5) is 11.4. The Balaban J connectivity index is 2.13. The maximum absolute atomic E-state index is 11.4. The first-order chi connectivity index (χ1) is 8.45. The van der Waals surface area contributed by atoms with Gasteiger partial charge < -0.3 is 15.2 Å². The van der Waals surface area contributed by atoms with Crippen LogP contribution in [0.25, 0.3) is 0 Å². The van der Waals surface area contributed by atoms with E-state index in [4.69, 9.17) is 10.5 Å². The molecule has 0 radical (unpaired) electrons. The molecule has 1 rings (SSSR count). The maximum atomic E-state index is 11.4. The summed E-state index contributed by atoms with van der Waals surface area (Å²) in [6, 6.07) is 0. The van der Waals surface area contributed by atoms with Gasteiger partial charge in [0.2, 0.25) is 0 Å². The van der Waals surface area contributed by atoms with Crippen molar-refractivity contribution >= 4 is 5.97 Å². The predicted molar refractivity (Wildman–Crippen MR) is 71.2 cm³/mol. The van der Waals surface area contributed by atoms with E-state index in [1.165, 1.54) is 20.0 Å². The number of carbonyl (C=O) groups excluding carboxylic acids is 1. The van der Waals surface area contributed by atoms with E-state index in [9.17, 15) is 4.79 Å². The van der Waals surface area contributed by atoms with Crippen LogP contribution < -0.4 is 5.73 Å². The van der Waals surface area contributed by atoms with Crippen molar-refractivity contribution in [2.75, 3.05) is 13.7 Å². The second-order valence-electron chi connectivity index (χ2n) is 5.77. The Morgan fingerprint density at radius 3 is 2.50 bits per heavy atom. The first kappa shape index (κ1) is 15.4. The smallest absolute Gasteiger partial charge is 0.325 e. The van der Waals surface area contributed by atoms with Crippen LogP contribution in [0.3, 0.4) is 0 Å². The molecular formula is C14H27NO3. The lowest BCUT2D eigenvalue weighted by Crippen LogP contribution is -2.45. The highest BCUT2D eigenvalue weighted by molar-refractivity contribution is 5.79. The fraction of sp³-hybridized carbons (Fsp3) is 0.929. The second-order valence-corrected chi connectivity index (χ2v) is 5.77. The third-order valence-corrected chi connectivity index (χ3v) is 3.81. The van der Waals surface area contributed by atoms with Crippen LogP contribution in [-0.2, 0) is 14.3 Å². The SMILES string of the molecule is COC(=O)C(C)(N)CCCOC1CCC(C)CC1. The van der Waals surface area contributed by atoms with Crippen molar-refractivity contribution in [2.24, 2.45) is 11.7 Å². The number of rotatable bonds is 6. The maximum Gasteiger partial charge on any atom is 0.325 e. The van der Waals surface area contributed by atoms with E-state index in [1.807, 2.05) is 0 Å². The van der Waals surface area contributed by atoms with Gasteiger partial charge in [0, 0.05) is 6.61 Å². The number of nitrogens with two attached hydrogens (primary N) is 1. The van der Waals surface area contributed by atoms with Gasteiger partial charge in [0.15, 0.2) is 0 Å². The molecule has 1 atom stereocenters. The van der Waals surface area contributed by atoms with Crippen LogP contribution in [0, 0.1) is 5.92 Å². The standard InChI is InChI=1S/C14H27NO3/c1-11-5-7-12(8-6-11)18-10-4-9-14(2,15)13(16)17-3/h11-12H,4-10,15H2,1-3H3. The zero-order chi connectivity index (χ0) is 13.6. The molecule has 0 heterocycles. The normalized spacial score (nSPS) is 27.6. The fourth-order valence-electron chi connectivity index (χ4n) is 2.42. The first-order valence-electron chi connectivity index (χ1n) is 6.94. The lowest BCUT2D eigenvalue weighted by molar-refractivity contribution is -0.146. The quantitative estimate of drug-likeness (QED) is 0.585. The van der Waals surface area contributed by atoms with Crippen molar-refractivity contribution in [3.05, 3.63) is 0 Å². The summed E-state index contributed by atoms with van der Waals surface area (Å²) >= 11 is 0. The molecule has 4 heteroatoms. The molecule has 18 heavy (non-hydrogen) atoms. The number of hydrogen-bond donors (Lipinski definition) is 1. The summed E-state index contributed by atoms with van der Waals surface area (Å²) in [5.74, 6) is 0.491. The average molecular weight is 257 g/mol. The monoisotopic (exact) mass is 257 g/mol. The van der Waals surface area contributed by atoms with E-state index in [-0.39, 0.29) is 5.97 Å². The number of esters is 1. The van der Waals surface area contributed by atoms with Crippen LogP contribution in [0.4, 0.5) is 0 Å². The molecule has 0 saturated heterocycles. The van der Waals surface area contributed by atoms with Gasteiger partial charge in [-0.1, -0.05) is 6.92 Å². The first-order valence-corrected chi connectivity index (χ1v) is 6.94. The molecule has 1 unspecified atom stereocenters. The van der Waals surface area contributed by atoms with Crippen molar-refractivity contribution in [2.45, 2.75) is 64.0 Å². The van der Waals surface area contributed by atoms with Gasteiger partial charge in [0.25, 0.3) is 0 Å². The molecule has 0 aromatic carbocycles. The summed E-state index contributed by atoms with van der Waals surface area (Å²) in [5.41, 5.74) is 4.99. The van der Waals surface area contributed by atoms with Crippen molar-refractivity contribution < 1.29 is 14.3 Å². The zero-order valence-corrected chi connectivity index (χ0v) is 11.9. The van der Waals surface area contributed by atoms with Gasteiger partial charge in [-0.2, -0.15) is 0 Å². The second kappa shape index (κ2) is 7.10. The number of hydrogen-bond acceptors (Lipinski definition) is 4. The average Bonchev–Trinajstić information content (AvgIpc) is 2.35. The van der Waals surface area contributed by atoms with E-state index in [1.54, 1.807) is 6.92 Å². The molecule has 1 saturated carbocycles.